The molecular weight excluding hydrogens is 810 g/mol. The number of amides is 5. The number of likely N-dealkylation sites (tertiary alicyclic amines) is 1. The van der Waals surface area contributed by atoms with Crippen LogP contribution in [0, 0.1) is 23.7 Å². The van der Waals surface area contributed by atoms with E-state index in [-0.39, 0.29) is 59.6 Å². The van der Waals surface area contributed by atoms with Gasteiger partial charge < -0.3 is 35.2 Å². The Bertz CT molecular complexity index is 1770. The van der Waals surface area contributed by atoms with E-state index in [4.69, 9.17) is 9.47 Å². The lowest BCUT2D eigenvalue weighted by molar-refractivity contribution is -0.174. The summed E-state index contributed by atoms with van der Waals surface area (Å²) in [5.41, 5.74) is -0.962. The number of sulfonamides is 1. The number of hydrogen-bond donors (Lipinski definition) is 4. The van der Waals surface area contributed by atoms with Gasteiger partial charge in [-0.25, -0.2) is 13.1 Å². The first kappa shape index (κ1) is 50.5. The maximum Gasteiger partial charge on any atom is 0.471 e. The second kappa shape index (κ2) is 20.8. The molecule has 0 bridgehead atoms. The number of nitrogens with zero attached hydrogens (tertiary/aromatic N) is 2. The summed E-state index contributed by atoms with van der Waals surface area (Å²) in [6, 6.07) is 2.39. The average Bonchev–Trinajstić information content (AvgIpc) is 3.80. The Kier molecular flexibility index (Phi) is 17.6. The first-order valence-electron chi connectivity index (χ1n) is 20.6. The Morgan fingerprint density at radius 1 is 0.933 bits per heavy atom. The molecule has 1 aliphatic carbocycles. The largest absolute Gasteiger partial charge is 0.471 e. The summed E-state index contributed by atoms with van der Waals surface area (Å²) >= 11 is 0. The highest BCUT2D eigenvalue weighted by molar-refractivity contribution is 7.90. The van der Waals surface area contributed by atoms with Crippen LogP contribution < -0.4 is 20.7 Å². The molecule has 340 valence electrons. The van der Waals surface area contributed by atoms with Crippen molar-refractivity contribution in [2.24, 2.45) is 23.7 Å². The van der Waals surface area contributed by atoms with E-state index in [0.29, 0.717) is 31.4 Å². The van der Waals surface area contributed by atoms with Gasteiger partial charge in [0.2, 0.25) is 23.6 Å². The Labute approximate surface area is 352 Å². The molecule has 3 rings (SSSR count). The molecule has 1 saturated heterocycles. The predicted octanol–water partition coefficient (Wildman–Crippen LogP) is 3.46. The number of likely N-dealkylation sites (N-methyl/N-ethyl adjacent to an activating group) is 2. The Morgan fingerprint density at radius 3 is 1.98 bits per heavy atom. The van der Waals surface area contributed by atoms with Crippen molar-refractivity contribution in [3.63, 3.8) is 0 Å². The van der Waals surface area contributed by atoms with Crippen molar-refractivity contribution in [3.8, 4) is 0 Å². The third kappa shape index (κ3) is 12.0. The molecular formula is C41H65F3N6O9S. The Balaban J connectivity index is 1.76. The highest BCUT2D eigenvalue weighted by atomic mass is 32.2. The molecule has 1 saturated carbocycles. The first-order valence-corrected chi connectivity index (χ1v) is 22.0. The summed E-state index contributed by atoms with van der Waals surface area (Å²) in [5.74, 6) is -5.35. The summed E-state index contributed by atoms with van der Waals surface area (Å²) in [6.07, 6.45) is -4.66. The number of alkyl halides is 3. The van der Waals surface area contributed by atoms with Crippen molar-refractivity contribution in [1.82, 2.24) is 30.5 Å². The quantitative estimate of drug-likeness (QED) is 0.142. The zero-order valence-electron chi connectivity index (χ0n) is 36.6. The summed E-state index contributed by atoms with van der Waals surface area (Å²) in [6.45, 7) is 13.3. The van der Waals surface area contributed by atoms with Gasteiger partial charge in [0.05, 0.1) is 53.1 Å². The minimum atomic E-state index is -5.08. The molecule has 8 atom stereocenters. The van der Waals surface area contributed by atoms with Gasteiger partial charge in [-0.3, -0.25) is 24.0 Å². The van der Waals surface area contributed by atoms with Crippen molar-refractivity contribution < 1.29 is 55.0 Å². The lowest BCUT2D eigenvalue weighted by Crippen LogP contribution is -2.59. The third-order valence-electron chi connectivity index (χ3n) is 12.1. The van der Waals surface area contributed by atoms with E-state index in [9.17, 15) is 45.6 Å². The predicted molar refractivity (Wildman–Crippen MR) is 217 cm³/mol. The number of nitrogens with one attached hydrogen (secondary N) is 4. The second-order valence-electron chi connectivity index (χ2n) is 16.9. The van der Waals surface area contributed by atoms with E-state index in [1.165, 1.54) is 33.3 Å². The van der Waals surface area contributed by atoms with E-state index in [1.807, 2.05) is 46.9 Å². The minimum absolute atomic E-state index is 0.0202. The monoisotopic (exact) mass is 874 g/mol. The normalized spacial score (nSPS) is 20.1. The lowest BCUT2D eigenvalue weighted by atomic mass is 9.89. The summed E-state index contributed by atoms with van der Waals surface area (Å²) < 4.78 is 79.1. The summed E-state index contributed by atoms with van der Waals surface area (Å²) in [4.78, 5) is 69.5. The van der Waals surface area contributed by atoms with Crippen LogP contribution in [0.15, 0.2) is 29.2 Å². The van der Waals surface area contributed by atoms with Gasteiger partial charge in [-0.2, -0.15) is 13.2 Å². The molecule has 1 heterocycles. The first-order chi connectivity index (χ1) is 27.9. The fraction of sp³-hybridized carbons (Fsp3) is 0.732. The summed E-state index contributed by atoms with van der Waals surface area (Å²) in [7, 11) is 1.74. The number of hydrogen-bond acceptors (Lipinski definition) is 10. The molecule has 4 N–H and O–H groups in total. The molecule has 1 unspecified atom stereocenters. The number of benzene rings is 1. The average molecular weight is 875 g/mol. The van der Waals surface area contributed by atoms with Crippen molar-refractivity contribution in [1.29, 1.82) is 0 Å². The zero-order chi connectivity index (χ0) is 45.5. The standard InChI is InChI=1S/C41H65F3N6O9S/c1-12-25(6)34(49(9)38(54)33(24(4)5)46-37(53)32(45-8)23(2)3)30(58-10)22-31(51)50-21-13-14-29(50)35(59-11)26(7)36(52)48-60(56,57)28-17-15-27(16-18-28)40(19-20-40)47-39(55)41(42,43)44/h15-18,23-26,29-30,32-35,45H,12-14,19-22H2,1-11H3,(H,46,53)(H,47,55)(H,48,52)/t25-,26+,29-,30+,32?,33-,34-,35+/m0/s1. The van der Waals surface area contributed by atoms with E-state index in [1.54, 1.807) is 23.9 Å². The summed E-state index contributed by atoms with van der Waals surface area (Å²) in [5, 5.41) is 7.92. The van der Waals surface area contributed by atoms with Crippen LogP contribution in [0.1, 0.15) is 92.6 Å². The topological polar surface area (TPSA) is 193 Å². The van der Waals surface area contributed by atoms with Gasteiger partial charge in [-0.05, 0) is 68.2 Å². The van der Waals surface area contributed by atoms with Gasteiger partial charge in [0.1, 0.15) is 6.04 Å². The molecule has 15 nitrogen and oxygen atoms in total. The molecule has 19 heteroatoms. The van der Waals surface area contributed by atoms with Gasteiger partial charge in [-0.1, -0.05) is 67.0 Å². The van der Waals surface area contributed by atoms with Gasteiger partial charge in [0, 0.05) is 27.8 Å². The molecule has 0 spiro atoms. The molecule has 2 fully saturated rings. The lowest BCUT2D eigenvalue weighted by Gasteiger charge is -2.41. The van der Waals surface area contributed by atoms with Crippen molar-refractivity contribution in [2.45, 2.75) is 140 Å². The SMILES string of the molecule is CC[C@H](C)[C@@H]([C@@H](CC(=O)N1CCC[C@H]1[C@H](OC)[C@@H](C)C(=O)NS(=O)(=O)c1ccc(C2(NC(=O)C(F)(F)F)CC2)cc1)OC)N(C)C(=O)[C@@H](NC(=O)C(NC)C(C)C)C(C)C. The molecule has 1 aromatic rings. The number of carbonyl (C=O) groups is 5. The Morgan fingerprint density at radius 2 is 1.52 bits per heavy atom. The van der Waals surface area contributed by atoms with Crippen LogP contribution in [0.2, 0.25) is 0 Å². The number of rotatable bonds is 21. The maximum atomic E-state index is 14.2. The second-order valence-corrected chi connectivity index (χ2v) is 18.5. The third-order valence-corrected chi connectivity index (χ3v) is 13.4. The van der Waals surface area contributed by atoms with Gasteiger partial charge >= 0.3 is 12.1 Å². The van der Waals surface area contributed by atoms with Gasteiger partial charge in [-0.15, -0.1) is 0 Å². The number of methoxy groups -OCH3 is 2. The van der Waals surface area contributed by atoms with Crippen LogP contribution >= 0.6 is 0 Å². The van der Waals surface area contributed by atoms with Crippen molar-refractivity contribution in [3.05, 3.63) is 29.8 Å². The number of carbonyl (C=O) groups excluding carboxylic acids is 5. The van der Waals surface area contributed by atoms with E-state index >= 15 is 0 Å². The molecule has 2 aliphatic rings. The molecule has 5 amide bonds. The molecule has 60 heavy (non-hydrogen) atoms. The highest BCUT2D eigenvalue weighted by Crippen LogP contribution is 2.46. The van der Waals surface area contributed by atoms with Gasteiger partial charge in [0.15, 0.2) is 0 Å². The van der Waals surface area contributed by atoms with Crippen LogP contribution in [0.5, 0.6) is 0 Å². The van der Waals surface area contributed by atoms with Crippen LogP contribution in [0.25, 0.3) is 0 Å². The molecule has 0 radical (unpaired) electrons. The molecule has 0 aromatic heterocycles. The highest BCUT2D eigenvalue weighted by Gasteiger charge is 2.51. The smallest absolute Gasteiger partial charge is 0.379 e. The minimum Gasteiger partial charge on any atom is -0.379 e. The van der Waals surface area contributed by atoms with E-state index < -0.39 is 75.8 Å². The number of ether oxygens (including phenoxy) is 2. The van der Waals surface area contributed by atoms with Crippen molar-refractivity contribution in [2.75, 3.05) is 34.9 Å². The maximum absolute atomic E-state index is 14.2. The van der Waals surface area contributed by atoms with Crippen LogP contribution in [0.3, 0.4) is 0 Å². The molecule has 1 aromatic carbocycles. The van der Waals surface area contributed by atoms with Crippen molar-refractivity contribution >= 4 is 39.6 Å². The fourth-order valence-corrected chi connectivity index (χ4v) is 9.25. The van der Waals surface area contributed by atoms with E-state index in [0.717, 1.165) is 12.1 Å². The Hall–Kier alpha value is -3.81. The van der Waals surface area contributed by atoms with Crippen LogP contribution in [-0.2, 0) is 49.0 Å². The van der Waals surface area contributed by atoms with Gasteiger partial charge in [0.25, 0.3) is 10.0 Å². The van der Waals surface area contributed by atoms with Crippen LogP contribution in [-0.4, -0.2) is 125 Å². The van der Waals surface area contributed by atoms with Crippen LogP contribution in [0.4, 0.5) is 13.2 Å². The van der Waals surface area contributed by atoms with E-state index in [2.05, 4.69) is 15.4 Å². The number of halogens is 3. The zero-order valence-corrected chi connectivity index (χ0v) is 37.5. The fourth-order valence-electron chi connectivity index (χ4n) is 8.19. The molecule has 1 aliphatic heterocycles.